The summed E-state index contributed by atoms with van der Waals surface area (Å²) in [5.41, 5.74) is 2.11. The van der Waals surface area contributed by atoms with Gasteiger partial charge in [-0.15, -0.1) is 0 Å². The van der Waals surface area contributed by atoms with Crippen molar-refractivity contribution >= 4 is 28.9 Å². The fourth-order valence-corrected chi connectivity index (χ4v) is 2.82. The number of non-ortho nitro benzene ring substituents is 1. The van der Waals surface area contributed by atoms with Crippen LogP contribution in [0.1, 0.15) is 23.0 Å². The molecule has 2 aromatic carbocycles. The minimum atomic E-state index is -0.526. The average Bonchev–Trinajstić information content (AvgIpc) is 3.12. The second kappa shape index (κ2) is 7.41. The molecule has 0 bridgehead atoms. The standard InChI is InChI=1S/C19H15ClN2O4/c1-2-12-5-3-4-6-16(12)21-19(23)18-10-9-17(26-18)14-8-7-13(22(24)25)11-15(14)20/h3-11H,2H2,1H3,(H,21,23). The number of nitrogens with one attached hydrogen (secondary N) is 1. The van der Waals surface area contributed by atoms with E-state index in [0.29, 0.717) is 11.3 Å². The first-order valence-electron chi connectivity index (χ1n) is 7.93. The van der Waals surface area contributed by atoms with Gasteiger partial charge in [-0.2, -0.15) is 0 Å². The van der Waals surface area contributed by atoms with Crippen LogP contribution in [0.5, 0.6) is 0 Å². The van der Waals surface area contributed by atoms with Gasteiger partial charge in [-0.05, 0) is 36.2 Å². The van der Waals surface area contributed by atoms with E-state index in [2.05, 4.69) is 5.32 Å². The van der Waals surface area contributed by atoms with Gasteiger partial charge in [0.15, 0.2) is 5.76 Å². The molecule has 132 valence electrons. The zero-order valence-electron chi connectivity index (χ0n) is 13.9. The Hall–Kier alpha value is -3.12. The maximum Gasteiger partial charge on any atom is 0.291 e. The summed E-state index contributed by atoms with van der Waals surface area (Å²) in [6.07, 6.45) is 0.790. The van der Waals surface area contributed by atoms with Gasteiger partial charge in [0.1, 0.15) is 5.76 Å². The lowest BCUT2D eigenvalue weighted by Gasteiger charge is -2.08. The van der Waals surface area contributed by atoms with Crippen molar-refractivity contribution in [3.8, 4) is 11.3 Å². The smallest absolute Gasteiger partial charge is 0.291 e. The summed E-state index contributed by atoms with van der Waals surface area (Å²) in [5.74, 6) is 0.106. The lowest BCUT2D eigenvalue weighted by atomic mass is 10.1. The summed E-state index contributed by atoms with van der Waals surface area (Å²) in [6.45, 7) is 2.01. The second-order valence-corrected chi connectivity index (χ2v) is 5.96. The molecule has 0 radical (unpaired) electrons. The van der Waals surface area contributed by atoms with E-state index in [-0.39, 0.29) is 22.4 Å². The van der Waals surface area contributed by atoms with Crippen LogP contribution in [0.2, 0.25) is 5.02 Å². The molecule has 26 heavy (non-hydrogen) atoms. The first-order valence-corrected chi connectivity index (χ1v) is 8.30. The predicted molar refractivity (Wildman–Crippen MR) is 99.6 cm³/mol. The maximum atomic E-state index is 12.4. The summed E-state index contributed by atoms with van der Waals surface area (Å²) in [5, 5.41) is 13.8. The highest BCUT2D eigenvalue weighted by molar-refractivity contribution is 6.33. The quantitative estimate of drug-likeness (QED) is 0.486. The molecule has 1 aromatic heterocycles. The number of carbonyl (C=O) groups is 1. The van der Waals surface area contributed by atoms with E-state index < -0.39 is 4.92 Å². The number of carbonyl (C=O) groups excluding carboxylic acids is 1. The van der Waals surface area contributed by atoms with E-state index in [1.54, 1.807) is 6.07 Å². The molecule has 0 aliphatic carbocycles. The number of para-hydroxylation sites is 1. The van der Waals surface area contributed by atoms with Gasteiger partial charge in [-0.25, -0.2) is 0 Å². The maximum absolute atomic E-state index is 12.4. The van der Waals surface area contributed by atoms with Crippen molar-refractivity contribution in [1.29, 1.82) is 0 Å². The highest BCUT2D eigenvalue weighted by Crippen LogP contribution is 2.32. The Morgan fingerprint density at radius 2 is 1.96 bits per heavy atom. The fraction of sp³-hybridized carbons (Fsp3) is 0.105. The van der Waals surface area contributed by atoms with E-state index in [1.807, 2.05) is 31.2 Å². The van der Waals surface area contributed by atoms with Gasteiger partial charge in [0.05, 0.1) is 9.95 Å². The second-order valence-electron chi connectivity index (χ2n) is 5.55. The van der Waals surface area contributed by atoms with Gasteiger partial charge in [0, 0.05) is 23.4 Å². The Morgan fingerprint density at radius 1 is 1.19 bits per heavy atom. The molecule has 0 aliphatic heterocycles. The number of anilines is 1. The third-order valence-electron chi connectivity index (χ3n) is 3.91. The van der Waals surface area contributed by atoms with Crippen molar-refractivity contribution in [2.75, 3.05) is 5.32 Å². The zero-order valence-corrected chi connectivity index (χ0v) is 14.6. The molecule has 0 saturated carbocycles. The predicted octanol–water partition coefficient (Wildman–Crippen LogP) is 5.32. The molecule has 0 aliphatic rings. The minimum absolute atomic E-state index is 0.112. The van der Waals surface area contributed by atoms with E-state index in [4.69, 9.17) is 16.0 Å². The molecular weight excluding hydrogens is 356 g/mol. The largest absolute Gasteiger partial charge is 0.451 e. The summed E-state index contributed by atoms with van der Waals surface area (Å²) in [6, 6.07) is 14.7. The van der Waals surface area contributed by atoms with Crippen molar-refractivity contribution in [1.82, 2.24) is 0 Å². The van der Waals surface area contributed by atoms with Crippen LogP contribution < -0.4 is 5.32 Å². The third-order valence-corrected chi connectivity index (χ3v) is 4.22. The normalized spacial score (nSPS) is 10.5. The van der Waals surface area contributed by atoms with Crippen LogP contribution in [0, 0.1) is 10.1 Å². The van der Waals surface area contributed by atoms with E-state index in [1.165, 1.54) is 24.3 Å². The molecule has 0 spiro atoms. The number of hydrogen-bond donors (Lipinski definition) is 1. The molecule has 0 unspecified atom stereocenters. The number of benzene rings is 2. The van der Waals surface area contributed by atoms with Crippen molar-refractivity contribution < 1.29 is 14.1 Å². The SMILES string of the molecule is CCc1ccccc1NC(=O)c1ccc(-c2ccc([N+](=O)[O-])cc2Cl)o1. The molecule has 1 N–H and O–H groups in total. The van der Waals surface area contributed by atoms with Gasteiger partial charge in [0.2, 0.25) is 0 Å². The number of furan rings is 1. The van der Waals surface area contributed by atoms with Gasteiger partial charge in [-0.3, -0.25) is 14.9 Å². The lowest BCUT2D eigenvalue weighted by molar-refractivity contribution is -0.384. The summed E-state index contributed by atoms with van der Waals surface area (Å²) >= 11 is 6.10. The molecule has 1 heterocycles. The highest BCUT2D eigenvalue weighted by Gasteiger charge is 2.17. The number of amides is 1. The number of nitro benzene ring substituents is 1. The van der Waals surface area contributed by atoms with Crippen LogP contribution in [0.4, 0.5) is 11.4 Å². The van der Waals surface area contributed by atoms with Crippen LogP contribution in [0.15, 0.2) is 59.0 Å². The monoisotopic (exact) mass is 370 g/mol. The zero-order chi connectivity index (χ0) is 18.7. The highest BCUT2D eigenvalue weighted by atomic mass is 35.5. The Morgan fingerprint density at radius 3 is 2.65 bits per heavy atom. The molecule has 0 saturated heterocycles. The Balaban J connectivity index is 1.83. The molecule has 0 fully saturated rings. The Labute approximate surface area is 154 Å². The average molecular weight is 371 g/mol. The molecule has 1 amide bonds. The number of rotatable bonds is 5. The van der Waals surface area contributed by atoms with Crippen LogP contribution in [-0.2, 0) is 6.42 Å². The fourth-order valence-electron chi connectivity index (χ4n) is 2.56. The van der Waals surface area contributed by atoms with Crippen molar-refractivity contribution in [2.24, 2.45) is 0 Å². The number of nitro groups is 1. The number of halogens is 1. The topological polar surface area (TPSA) is 85.4 Å². The van der Waals surface area contributed by atoms with Crippen LogP contribution in [-0.4, -0.2) is 10.8 Å². The summed E-state index contributed by atoms with van der Waals surface area (Å²) in [4.78, 5) is 22.7. The van der Waals surface area contributed by atoms with Crippen molar-refractivity contribution in [3.63, 3.8) is 0 Å². The van der Waals surface area contributed by atoms with E-state index in [9.17, 15) is 14.9 Å². The number of aryl methyl sites for hydroxylation is 1. The lowest BCUT2D eigenvalue weighted by Crippen LogP contribution is -2.12. The third kappa shape index (κ3) is 3.60. The van der Waals surface area contributed by atoms with Crippen LogP contribution in [0.3, 0.4) is 0 Å². The molecule has 6 nitrogen and oxygen atoms in total. The Kier molecular flexibility index (Phi) is 5.04. The first kappa shape index (κ1) is 17.7. The van der Waals surface area contributed by atoms with E-state index >= 15 is 0 Å². The minimum Gasteiger partial charge on any atom is -0.451 e. The molecule has 0 atom stereocenters. The van der Waals surface area contributed by atoms with Gasteiger partial charge >= 0.3 is 0 Å². The molecule has 7 heteroatoms. The number of hydrogen-bond acceptors (Lipinski definition) is 4. The Bertz CT molecular complexity index is 981. The summed E-state index contributed by atoms with van der Waals surface area (Å²) in [7, 11) is 0. The van der Waals surface area contributed by atoms with Crippen molar-refractivity contribution in [2.45, 2.75) is 13.3 Å². The van der Waals surface area contributed by atoms with Crippen molar-refractivity contribution in [3.05, 3.63) is 81.1 Å². The molecule has 3 aromatic rings. The first-order chi connectivity index (χ1) is 12.5. The summed E-state index contributed by atoms with van der Waals surface area (Å²) < 4.78 is 5.59. The van der Waals surface area contributed by atoms with Crippen LogP contribution in [0.25, 0.3) is 11.3 Å². The molecular formula is C19H15ClN2O4. The van der Waals surface area contributed by atoms with Gasteiger partial charge in [0.25, 0.3) is 11.6 Å². The molecule has 3 rings (SSSR count). The van der Waals surface area contributed by atoms with Gasteiger partial charge in [-0.1, -0.05) is 36.7 Å². The number of nitrogens with zero attached hydrogens (tertiary/aromatic N) is 1. The van der Waals surface area contributed by atoms with E-state index in [0.717, 1.165) is 17.7 Å². The van der Waals surface area contributed by atoms with Gasteiger partial charge < -0.3 is 9.73 Å². The van der Waals surface area contributed by atoms with Crippen LogP contribution >= 0.6 is 11.6 Å².